The third-order valence-corrected chi connectivity index (χ3v) is 4.17. The molecule has 0 fully saturated rings. The number of aromatic nitrogens is 3. The van der Waals surface area contributed by atoms with Gasteiger partial charge in [0, 0.05) is 20.3 Å². The summed E-state index contributed by atoms with van der Waals surface area (Å²) in [6.45, 7) is 0. The van der Waals surface area contributed by atoms with Crippen LogP contribution in [0.25, 0.3) is 11.0 Å². The third kappa shape index (κ3) is 2.99. The minimum absolute atomic E-state index is 0.0889. The molecular weight excluding hydrogens is 352 g/mol. The fourth-order valence-corrected chi connectivity index (χ4v) is 2.75. The first-order valence-electron chi connectivity index (χ1n) is 7.90. The number of amides is 1. The van der Waals surface area contributed by atoms with Crippen LogP contribution in [0.15, 0.2) is 46.1 Å². The maximum absolute atomic E-state index is 12.7. The van der Waals surface area contributed by atoms with Crippen LogP contribution in [0, 0.1) is 0 Å². The summed E-state index contributed by atoms with van der Waals surface area (Å²) in [6, 6.07) is 7.60. The Hall–Kier alpha value is -3.75. The average Bonchev–Trinajstić information content (AvgIpc) is 2.69. The Morgan fingerprint density at radius 3 is 2.37 bits per heavy atom. The summed E-state index contributed by atoms with van der Waals surface area (Å²) < 4.78 is 6.84. The molecule has 0 aliphatic rings. The zero-order chi connectivity index (χ0) is 19.7. The van der Waals surface area contributed by atoms with Crippen LogP contribution in [-0.4, -0.2) is 33.1 Å². The van der Waals surface area contributed by atoms with E-state index in [1.807, 2.05) is 0 Å². The Kier molecular flexibility index (Phi) is 4.59. The Morgan fingerprint density at radius 1 is 1.04 bits per heavy atom. The molecule has 2 heterocycles. The van der Waals surface area contributed by atoms with Crippen LogP contribution >= 0.6 is 0 Å². The van der Waals surface area contributed by atoms with Gasteiger partial charge in [-0.25, -0.2) is 14.6 Å². The number of aryl methyl sites for hydroxylation is 1. The summed E-state index contributed by atoms with van der Waals surface area (Å²) in [6.07, 6.45) is 1.38. The normalized spacial score (nSPS) is 10.6. The molecule has 3 rings (SSSR count). The summed E-state index contributed by atoms with van der Waals surface area (Å²) in [4.78, 5) is 53.3. The van der Waals surface area contributed by atoms with Crippen LogP contribution in [0.2, 0.25) is 0 Å². The minimum atomic E-state index is -0.654. The van der Waals surface area contributed by atoms with Gasteiger partial charge in [-0.15, -0.1) is 0 Å². The van der Waals surface area contributed by atoms with Crippen LogP contribution in [0.4, 0.5) is 5.69 Å². The molecule has 0 bridgehead atoms. The van der Waals surface area contributed by atoms with Crippen molar-refractivity contribution in [2.45, 2.75) is 0 Å². The van der Waals surface area contributed by atoms with E-state index in [-0.39, 0.29) is 27.8 Å². The van der Waals surface area contributed by atoms with Crippen molar-refractivity contribution in [1.82, 2.24) is 14.1 Å². The monoisotopic (exact) mass is 368 g/mol. The van der Waals surface area contributed by atoms with Gasteiger partial charge in [0.15, 0.2) is 5.65 Å². The minimum Gasteiger partial charge on any atom is -0.465 e. The third-order valence-electron chi connectivity index (χ3n) is 4.17. The number of anilines is 1. The van der Waals surface area contributed by atoms with E-state index >= 15 is 0 Å². The van der Waals surface area contributed by atoms with Gasteiger partial charge < -0.3 is 10.1 Å². The van der Waals surface area contributed by atoms with Gasteiger partial charge in [-0.3, -0.25) is 18.7 Å². The maximum Gasteiger partial charge on any atom is 0.338 e. The van der Waals surface area contributed by atoms with Crippen LogP contribution in [0.3, 0.4) is 0 Å². The van der Waals surface area contributed by atoms with Gasteiger partial charge in [0.05, 0.1) is 23.9 Å². The summed E-state index contributed by atoms with van der Waals surface area (Å²) >= 11 is 0. The highest BCUT2D eigenvalue weighted by Gasteiger charge is 2.19. The van der Waals surface area contributed by atoms with Crippen molar-refractivity contribution < 1.29 is 14.3 Å². The largest absolute Gasteiger partial charge is 0.465 e. The second kappa shape index (κ2) is 6.87. The van der Waals surface area contributed by atoms with Gasteiger partial charge in [-0.2, -0.15) is 0 Å². The number of benzene rings is 1. The topological polar surface area (TPSA) is 112 Å². The SMILES string of the molecule is COC(=O)c1ccccc1C(=O)Nc1ccnc2c1c(=O)n(C)c(=O)n2C. The number of carbonyl (C=O) groups excluding carboxylic acids is 2. The van der Waals surface area contributed by atoms with Crippen molar-refractivity contribution in [2.75, 3.05) is 12.4 Å². The van der Waals surface area contributed by atoms with E-state index in [2.05, 4.69) is 10.3 Å². The van der Waals surface area contributed by atoms with Gasteiger partial charge in [0.1, 0.15) is 5.39 Å². The molecule has 1 amide bonds. The molecule has 1 aromatic carbocycles. The number of rotatable bonds is 3. The van der Waals surface area contributed by atoms with Crippen molar-refractivity contribution in [3.8, 4) is 0 Å². The Bertz CT molecular complexity index is 1190. The quantitative estimate of drug-likeness (QED) is 0.680. The lowest BCUT2D eigenvalue weighted by Crippen LogP contribution is -2.37. The molecule has 3 aromatic rings. The standard InChI is InChI=1S/C18H16N4O5/c1-21-14-13(16(24)22(2)18(21)26)12(8-9-19-14)20-15(23)10-6-4-5-7-11(10)17(25)27-3/h4-9H,1-3H3,(H,19,20,23). The van der Waals surface area contributed by atoms with Crippen molar-refractivity contribution in [2.24, 2.45) is 14.1 Å². The van der Waals surface area contributed by atoms with E-state index in [4.69, 9.17) is 4.74 Å². The fourth-order valence-electron chi connectivity index (χ4n) is 2.75. The Morgan fingerprint density at radius 2 is 1.70 bits per heavy atom. The molecule has 0 saturated carbocycles. The number of methoxy groups -OCH3 is 1. The predicted molar refractivity (Wildman–Crippen MR) is 98.0 cm³/mol. The number of ether oxygens (including phenoxy) is 1. The van der Waals surface area contributed by atoms with Crippen molar-refractivity contribution in [3.63, 3.8) is 0 Å². The molecule has 2 aromatic heterocycles. The fraction of sp³-hybridized carbons (Fsp3) is 0.167. The molecule has 9 heteroatoms. The van der Waals surface area contributed by atoms with E-state index in [1.54, 1.807) is 12.1 Å². The number of hydrogen-bond acceptors (Lipinski definition) is 6. The van der Waals surface area contributed by atoms with Gasteiger partial charge in [-0.1, -0.05) is 12.1 Å². The maximum atomic E-state index is 12.7. The predicted octanol–water partition coefficient (Wildman–Crippen LogP) is 0.671. The first kappa shape index (κ1) is 18.1. The molecule has 0 spiro atoms. The average molecular weight is 368 g/mol. The zero-order valence-corrected chi connectivity index (χ0v) is 14.8. The number of esters is 1. The lowest BCUT2D eigenvalue weighted by Gasteiger charge is -2.12. The first-order valence-corrected chi connectivity index (χ1v) is 7.90. The number of fused-ring (bicyclic) bond motifs is 1. The van der Waals surface area contributed by atoms with Crippen molar-refractivity contribution in [3.05, 3.63) is 68.5 Å². The second-order valence-corrected chi connectivity index (χ2v) is 5.75. The molecule has 0 atom stereocenters. The van der Waals surface area contributed by atoms with Crippen LogP contribution in [0.5, 0.6) is 0 Å². The van der Waals surface area contributed by atoms with E-state index in [0.29, 0.717) is 0 Å². The summed E-state index contributed by atoms with van der Waals surface area (Å²) in [5.41, 5.74) is -0.604. The molecule has 138 valence electrons. The first-order chi connectivity index (χ1) is 12.9. The second-order valence-electron chi connectivity index (χ2n) is 5.75. The lowest BCUT2D eigenvalue weighted by atomic mass is 10.1. The van der Waals surface area contributed by atoms with E-state index in [0.717, 1.165) is 4.57 Å². The van der Waals surface area contributed by atoms with Crippen molar-refractivity contribution >= 4 is 28.6 Å². The lowest BCUT2D eigenvalue weighted by molar-refractivity contribution is 0.0597. The zero-order valence-electron chi connectivity index (χ0n) is 14.8. The van der Waals surface area contributed by atoms with Crippen LogP contribution in [0.1, 0.15) is 20.7 Å². The van der Waals surface area contributed by atoms with E-state index in [9.17, 15) is 19.2 Å². The highest BCUT2D eigenvalue weighted by atomic mass is 16.5. The molecule has 0 saturated heterocycles. The highest BCUT2D eigenvalue weighted by Crippen LogP contribution is 2.19. The Labute approximate surface area is 152 Å². The van der Waals surface area contributed by atoms with E-state index in [1.165, 1.54) is 50.2 Å². The summed E-state index contributed by atoms with van der Waals surface area (Å²) in [7, 11) is 4.04. The van der Waals surface area contributed by atoms with E-state index < -0.39 is 23.1 Å². The Balaban J connectivity index is 2.14. The summed E-state index contributed by atoms with van der Waals surface area (Å²) in [5.74, 6) is -1.25. The molecule has 27 heavy (non-hydrogen) atoms. The van der Waals surface area contributed by atoms with Crippen LogP contribution in [-0.2, 0) is 18.8 Å². The molecule has 0 radical (unpaired) electrons. The molecule has 0 unspecified atom stereocenters. The van der Waals surface area contributed by atoms with Gasteiger partial charge in [0.2, 0.25) is 0 Å². The smallest absolute Gasteiger partial charge is 0.338 e. The number of nitrogens with zero attached hydrogens (tertiary/aromatic N) is 3. The molecule has 0 aliphatic heterocycles. The summed E-state index contributed by atoms with van der Waals surface area (Å²) in [5, 5.41) is 2.71. The van der Waals surface area contributed by atoms with Gasteiger partial charge >= 0.3 is 11.7 Å². The number of carbonyl (C=O) groups is 2. The molecule has 1 N–H and O–H groups in total. The van der Waals surface area contributed by atoms with Gasteiger partial charge in [-0.05, 0) is 18.2 Å². The number of hydrogen-bond donors (Lipinski definition) is 1. The van der Waals surface area contributed by atoms with Crippen LogP contribution < -0.4 is 16.6 Å². The number of pyridine rings is 1. The highest BCUT2D eigenvalue weighted by molar-refractivity contribution is 6.13. The molecule has 0 aliphatic carbocycles. The molecule has 9 nitrogen and oxygen atoms in total. The van der Waals surface area contributed by atoms with Crippen molar-refractivity contribution in [1.29, 1.82) is 0 Å². The molecular formula is C18H16N4O5. The van der Waals surface area contributed by atoms with Gasteiger partial charge in [0.25, 0.3) is 11.5 Å². The number of nitrogens with one attached hydrogen (secondary N) is 1.